The lowest BCUT2D eigenvalue weighted by atomic mass is 10.0. The number of aromatic nitrogens is 3. The topological polar surface area (TPSA) is 147 Å². The molecule has 2 aromatic heterocycles. The summed E-state index contributed by atoms with van der Waals surface area (Å²) in [5.74, 6) is 6.44. The second kappa shape index (κ2) is 10.3. The molecule has 3 heterocycles. The number of esters is 1. The number of hydrogen-bond acceptors (Lipinski definition) is 9. The highest BCUT2D eigenvalue weighted by atomic mass is 32.2. The number of benzene rings is 1. The molecule has 0 bridgehead atoms. The number of rotatable bonds is 9. The molecule has 0 spiro atoms. The molecule has 0 fully saturated rings. The van der Waals surface area contributed by atoms with Gasteiger partial charge in [0.05, 0.1) is 18.4 Å². The second-order valence-corrected chi connectivity index (χ2v) is 7.90. The summed E-state index contributed by atoms with van der Waals surface area (Å²) in [7, 11) is 0. The monoisotopic (exact) mass is 488 g/mol. The minimum Gasteiger partial charge on any atom is -0.486 e. The summed E-state index contributed by atoms with van der Waals surface area (Å²) in [5.41, 5.74) is 0.549. The van der Waals surface area contributed by atoms with E-state index in [4.69, 9.17) is 19.7 Å². The van der Waals surface area contributed by atoms with E-state index in [0.29, 0.717) is 28.2 Å². The van der Waals surface area contributed by atoms with Crippen LogP contribution in [0.3, 0.4) is 0 Å². The zero-order chi connectivity index (χ0) is 24.1. The number of nitrogen functional groups attached to an aromatic ring is 1. The van der Waals surface area contributed by atoms with Gasteiger partial charge in [-0.2, -0.15) is 0 Å². The summed E-state index contributed by atoms with van der Waals surface area (Å²) in [6.45, 7) is 1.86. The van der Waals surface area contributed by atoms with E-state index in [0.717, 1.165) is 11.8 Å². The van der Waals surface area contributed by atoms with Gasteiger partial charge in [-0.3, -0.25) is 0 Å². The summed E-state index contributed by atoms with van der Waals surface area (Å²) in [6, 6.07) is 7.55. The molecule has 1 aliphatic rings. The van der Waals surface area contributed by atoms with Crippen molar-refractivity contribution in [1.82, 2.24) is 25.5 Å². The molecular formula is C21H21FN6O5S. The Kier molecular flexibility index (Phi) is 7.01. The Hall–Kier alpha value is -4.00. The van der Waals surface area contributed by atoms with E-state index in [1.807, 2.05) is 0 Å². The Labute approximate surface area is 197 Å². The van der Waals surface area contributed by atoms with Crippen LogP contribution < -0.4 is 21.2 Å². The van der Waals surface area contributed by atoms with Gasteiger partial charge in [0.15, 0.2) is 5.82 Å². The first-order valence-corrected chi connectivity index (χ1v) is 11.2. The van der Waals surface area contributed by atoms with Crippen molar-refractivity contribution < 1.29 is 27.9 Å². The fourth-order valence-electron chi connectivity index (χ4n) is 3.17. The van der Waals surface area contributed by atoms with Crippen molar-refractivity contribution in [3.63, 3.8) is 0 Å². The molecule has 2 amide bonds. The highest BCUT2D eigenvalue weighted by Gasteiger charge is 2.35. The standard InChI is InChI=1S/C21H21FN6O5S/c1-2-31-19(29)17-14(24-20(30)25-18(17)15-4-3-9-32-15)11-34-21-27-26-16(28(21)23)10-33-13-7-5-12(22)6-8-13/h3-9,18H,2,10-11,23H2,1H3,(H2,24,25,30). The van der Waals surface area contributed by atoms with Crippen LogP contribution in [-0.2, 0) is 16.1 Å². The molecule has 1 atom stereocenters. The highest BCUT2D eigenvalue weighted by molar-refractivity contribution is 7.99. The normalized spacial score (nSPS) is 15.6. The van der Waals surface area contributed by atoms with Crippen LogP contribution in [0.5, 0.6) is 5.75 Å². The minimum atomic E-state index is -0.811. The van der Waals surface area contributed by atoms with E-state index >= 15 is 0 Å². The average molecular weight is 489 g/mol. The van der Waals surface area contributed by atoms with E-state index in [1.54, 1.807) is 19.1 Å². The van der Waals surface area contributed by atoms with Gasteiger partial charge >= 0.3 is 12.0 Å². The maximum absolute atomic E-state index is 13.0. The molecule has 4 N–H and O–H groups in total. The molecule has 0 aliphatic carbocycles. The molecule has 1 aromatic carbocycles. The molecule has 0 radical (unpaired) electrons. The van der Waals surface area contributed by atoms with Crippen molar-refractivity contribution in [2.24, 2.45) is 0 Å². The molecule has 1 aliphatic heterocycles. The molecule has 0 saturated heterocycles. The smallest absolute Gasteiger partial charge is 0.338 e. The summed E-state index contributed by atoms with van der Waals surface area (Å²) >= 11 is 1.16. The number of amides is 2. The minimum absolute atomic E-state index is 0.00763. The Balaban J connectivity index is 1.51. The number of thioether (sulfide) groups is 1. The number of ether oxygens (including phenoxy) is 2. The van der Waals surface area contributed by atoms with Gasteiger partial charge in [0.1, 0.15) is 30.0 Å². The molecular weight excluding hydrogens is 467 g/mol. The van der Waals surface area contributed by atoms with Crippen LogP contribution in [0.4, 0.5) is 9.18 Å². The maximum atomic E-state index is 13.0. The van der Waals surface area contributed by atoms with Crippen LogP contribution in [0.1, 0.15) is 24.6 Å². The number of urea groups is 1. The van der Waals surface area contributed by atoms with E-state index in [9.17, 15) is 14.0 Å². The first-order chi connectivity index (χ1) is 16.5. The lowest BCUT2D eigenvalue weighted by Gasteiger charge is -2.27. The van der Waals surface area contributed by atoms with Gasteiger partial charge in [-0.15, -0.1) is 10.2 Å². The third kappa shape index (κ3) is 5.14. The first kappa shape index (κ1) is 23.2. The van der Waals surface area contributed by atoms with Gasteiger partial charge in [0.25, 0.3) is 0 Å². The van der Waals surface area contributed by atoms with Crippen molar-refractivity contribution in [2.75, 3.05) is 18.2 Å². The highest BCUT2D eigenvalue weighted by Crippen LogP contribution is 2.30. The largest absolute Gasteiger partial charge is 0.486 e. The van der Waals surface area contributed by atoms with E-state index < -0.39 is 18.0 Å². The summed E-state index contributed by atoms with van der Waals surface area (Å²) < 4.78 is 30.4. The first-order valence-electron chi connectivity index (χ1n) is 10.2. The number of nitrogens with zero attached hydrogens (tertiary/aromatic N) is 3. The van der Waals surface area contributed by atoms with Crippen molar-refractivity contribution in [3.8, 4) is 5.75 Å². The van der Waals surface area contributed by atoms with Gasteiger partial charge in [0.2, 0.25) is 5.16 Å². The van der Waals surface area contributed by atoms with Gasteiger partial charge < -0.3 is 30.4 Å². The van der Waals surface area contributed by atoms with Crippen LogP contribution in [0.25, 0.3) is 0 Å². The number of nitrogens with two attached hydrogens (primary N) is 1. The molecule has 34 heavy (non-hydrogen) atoms. The summed E-state index contributed by atoms with van der Waals surface area (Å²) in [5, 5.41) is 13.7. The molecule has 1 unspecified atom stereocenters. The molecule has 11 nitrogen and oxygen atoms in total. The van der Waals surface area contributed by atoms with Crippen molar-refractivity contribution in [3.05, 3.63) is 71.3 Å². The second-order valence-electron chi connectivity index (χ2n) is 6.96. The molecule has 0 saturated carbocycles. The van der Waals surface area contributed by atoms with Gasteiger partial charge in [-0.25, -0.2) is 18.7 Å². The molecule has 178 valence electrons. The predicted octanol–water partition coefficient (Wildman–Crippen LogP) is 2.27. The predicted molar refractivity (Wildman–Crippen MR) is 118 cm³/mol. The zero-order valence-electron chi connectivity index (χ0n) is 18.0. The Morgan fingerprint density at radius 2 is 2.09 bits per heavy atom. The van der Waals surface area contributed by atoms with Gasteiger partial charge in [-0.05, 0) is 43.3 Å². The zero-order valence-corrected chi connectivity index (χ0v) is 18.8. The Morgan fingerprint density at radius 1 is 1.29 bits per heavy atom. The van der Waals surface area contributed by atoms with Crippen molar-refractivity contribution >= 4 is 23.8 Å². The summed E-state index contributed by atoms with van der Waals surface area (Å²) in [6.07, 6.45) is 1.45. The number of carbonyl (C=O) groups is 2. The maximum Gasteiger partial charge on any atom is 0.338 e. The van der Waals surface area contributed by atoms with Gasteiger partial charge in [0, 0.05) is 11.4 Å². The fourth-order valence-corrected chi connectivity index (χ4v) is 4.01. The van der Waals surface area contributed by atoms with Crippen LogP contribution in [0.15, 0.2) is 63.5 Å². The van der Waals surface area contributed by atoms with Crippen LogP contribution in [0, 0.1) is 5.82 Å². The lowest BCUT2D eigenvalue weighted by Crippen LogP contribution is -2.46. The van der Waals surface area contributed by atoms with E-state index in [-0.39, 0.29) is 30.4 Å². The van der Waals surface area contributed by atoms with Crippen molar-refractivity contribution in [1.29, 1.82) is 0 Å². The fraction of sp³-hybridized carbons (Fsp3) is 0.238. The molecule has 3 aromatic rings. The Bertz CT molecular complexity index is 1190. The van der Waals surface area contributed by atoms with Crippen LogP contribution in [-0.4, -0.2) is 39.2 Å². The Morgan fingerprint density at radius 3 is 2.79 bits per heavy atom. The third-order valence-corrected chi connectivity index (χ3v) is 5.71. The van der Waals surface area contributed by atoms with Crippen LogP contribution >= 0.6 is 11.8 Å². The number of nitrogens with one attached hydrogen (secondary N) is 2. The lowest BCUT2D eigenvalue weighted by molar-refractivity contribution is -0.139. The SMILES string of the molecule is CCOC(=O)C1=C(CSc2nnc(COc3ccc(F)cc3)n2N)NC(=O)NC1c1ccco1. The number of halogens is 1. The number of hydrogen-bond donors (Lipinski definition) is 3. The number of carbonyl (C=O) groups excluding carboxylic acids is 2. The van der Waals surface area contributed by atoms with Gasteiger partial charge in [-0.1, -0.05) is 11.8 Å². The van der Waals surface area contributed by atoms with E-state index in [1.165, 1.54) is 35.2 Å². The molecule has 4 rings (SSSR count). The van der Waals surface area contributed by atoms with Crippen molar-refractivity contribution in [2.45, 2.75) is 24.7 Å². The third-order valence-electron chi connectivity index (χ3n) is 4.74. The molecule has 13 heteroatoms. The summed E-state index contributed by atoms with van der Waals surface area (Å²) in [4.78, 5) is 25.0. The average Bonchev–Trinajstić information content (AvgIpc) is 3.47. The quantitative estimate of drug-likeness (QED) is 0.234. The van der Waals surface area contributed by atoms with Crippen LogP contribution in [0.2, 0.25) is 0 Å². The van der Waals surface area contributed by atoms with E-state index in [2.05, 4.69) is 20.8 Å². The number of furan rings is 1.